The van der Waals surface area contributed by atoms with Crippen LogP contribution in [0.2, 0.25) is 0 Å². The van der Waals surface area contributed by atoms with Crippen LogP contribution in [0, 0.1) is 15.9 Å². The van der Waals surface area contributed by atoms with E-state index in [4.69, 9.17) is 0 Å². The Kier molecular flexibility index (Phi) is 6.00. The first kappa shape index (κ1) is 18.0. The molecule has 0 saturated carbocycles. The lowest BCUT2D eigenvalue weighted by molar-refractivity contribution is -0.384. The van der Waals surface area contributed by atoms with E-state index in [9.17, 15) is 19.6 Å². The molecule has 0 aromatic heterocycles. The van der Waals surface area contributed by atoms with Gasteiger partial charge in [0, 0.05) is 24.2 Å². The summed E-state index contributed by atoms with van der Waals surface area (Å²) in [6.45, 7) is 3.91. The third kappa shape index (κ3) is 4.84. The molecule has 0 fully saturated rings. The summed E-state index contributed by atoms with van der Waals surface area (Å²) in [5.41, 5.74) is 1.67. The summed E-state index contributed by atoms with van der Waals surface area (Å²) >= 11 is 0. The highest BCUT2D eigenvalue weighted by Gasteiger charge is 2.16. The monoisotopic (exact) mass is 332 g/mol. The summed E-state index contributed by atoms with van der Waals surface area (Å²) < 4.78 is 12.9. The van der Waals surface area contributed by atoms with Gasteiger partial charge in [0.1, 0.15) is 5.82 Å². The number of non-ortho nitro benzene ring substituents is 1. The number of halogens is 1. The SMILES string of the molecule is CC(CC(O)c1ccc(F)cc1)NC(C)c1ccc([N+](=O)[O-])cc1. The lowest BCUT2D eigenvalue weighted by Crippen LogP contribution is -2.30. The van der Waals surface area contributed by atoms with Gasteiger partial charge in [-0.15, -0.1) is 0 Å². The summed E-state index contributed by atoms with van der Waals surface area (Å²) in [5, 5.41) is 24.3. The van der Waals surface area contributed by atoms with Gasteiger partial charge in [0.2, 0.25) is 0 Å². The number of aliphatic hydroxyl groups excluding tert-OH is 1. The summed E-state index contributed by atoms with van der Waals surface area (Å²) in [7, 11) is 0. The minimum atomic E-state index is -0.683. The van der Waals surface area contributed by atoms with Gasteiger partial charge in [-0.25, -0.2) is 4.39 Å². The minimum absolute atomic E-state index is 0.00949. The van der Waals surface area contributed by atoms with E-state index in [1.807, 2.05) is 13.8 Å². The van der Waals surface area contributed by atoms with Crippen molar-refractivity contribution in [1.82, 2.24) is 5.32 Å². The Bertz CT molecular complexity index is 674. The smallest absolute Gasteiger partial charge is 0.269 e. The normalized spacial score (nSPS) is 14.8. The molecule has 24 heavy (non-hydrogen) atoms. The molecule has 0 aliphatic rings. The number of nitro benzene ring substituents is 1. The van der Waals surface area contributed by atoms with E-state index < -0.39 is 11.0 Å². The highest BCUT2D eigenvalue weighted by Crippen LogP contribution is 2.22. The fraction of sp³-hybridized carbons (Fsp3) is 0.333. The molecule has 0 radical (unpaired) electrons. The van der Waals surface area contributed by atoms with Crippen LogP contribution in [-0.2, 0) is 0 Å². The molecule has 0 bridgehead atoms. The molecule has 0 aliphatic heterocycles. The number of rotatable bonds is 7. The van der Waals surface area contributed by atoms with Gasteiger partial charge in [0.25, 0.3) is 5.69 Å². The predicted molar refractivity (Wildman–Crippen MR) is 90.1 cm³/mol. The first-order chi connectivity index (χ1) is 11.4. The first-order valence-corrected chi connectivity index (χ1v) is 7.80. The van der Waals surface area contributed by atoms with Gasteiger partial charge >= 0.3 is 0 Å². The maximum Gasteiger partial charge on any atom is 0.269 e. The van der Waals surface area contributed by atoms with E-state index in [0.29, 0.717) is 12.0 Å². The maximum atomic E-state index is 12.9. The summed E-state index contributed by atoms with van der Waals surface area (Å²) in [4.78, 5) is 10.2. The summed E-state index contributed by atoms with van der Waals surface area (Å²) in [5.74, 6) is -0.330. The van der Waals surface area contributed by atoms with Crippen molar-refractivity contribution < 1.29 is 14.4 Å². The average molecular weight is 332 g/mol. The highest BCUT2D eigenvalue weighted by atomic mass is 19.1. The zero-order valence-corrected chi connectivity index (χ0v) is 13.6. The number of nitrogens with one attached hydrogen (secondary N) is 1. The first-order valence-electron chi connectivity index (χ1n) is 7.80. The zero-order valence-electron chi connectivity index (χ0n) is 13.6. The second-order valence-electron chi connectivity index (χ2n) is 5.94. The van der Waals surface area contributed by atoms with Crippen molar-refractivity contribution in [3.05, 3.63) is 75.6 Å². The van der Waals surface area contributed by atoms with Crippen molar-refractivity contribution in [2.24, 2.45) is 0 Å². The molecular formula is C18H21FN2O3. The number of hydrogen-bond acceptors (Lipinski definition) is 4. The van der Waals surface area contributed by atoms with Crippen molar-refractivity contribution in [1.29, 1.82) is 0 Å². The number of nitro groups is 1. The number of aliphatic hydroxyl groups is 1. The van der Waals surface area contributed by atoms with Gasteiger partial charge < -0.3 is 10.4 Å². The molecule has 0 heterocycles. The van der Waals surface area contributed by atoms with Crippen LogP contribution >= 0.6 is 0 Å². The Labute approximate surface area is 140 Å². The lowest BCUT2D eigenvalue weighted by atomic mass is 10.0. The summed E-state index contributed by atoms with van der Waals surface area (Å²) in [6.07, 6.45) is -0.208. The van der Waals surface area contributed by atoms with Gasteiger partial charge in [-0.2, -0.15) is 0 Å². The van der Waals surface area contributed by atoms with Gasteiger partial charge in [-0.1, -0.05) is 24.3 Å². The third-order valence-electron chi connectivity index (χ3n) is 3.97. The van der Waals surface area contributed by atoms with Gasteiger partial charge in [-0.05, 0) is 43.5 Å². The largest absolute Gasteiger partial charge is 0.388 e. The van der Waals surface area contributed by atoms with E-state index in [-0.39, 0.29) is 23.6 Å². The minimum Gasteiger partial charge on any atom is -0.388 e. The molecule has 3 atom stereocenters. The van der Waals surface area contributed by atoms with Crippen LogP contribution in [0.15, 0.2) is 48.5 Å². The van der Waals surface area contributed by atoms with Crippen molar-refractivity contribution in [2.45, 2.75) is 38.5 Å². The molecule has 6 heteroatoms. The van der Waals surface area contributed by atoms with Crippen molar-refractivity contribution in [2.75, 3.05) is 0 Å². The van der Waals surface area contributed by atoms with Crippen molar-refractivity contribution in [3.63, 3.8) is 0 Å². The Morgan fingerprint density at radius 3 is 2.17 bits per heavy atom. The second kappa shape index (κ2) is 7.99. The number of hydrogen-bond donors (Lipinski definition) is 2. The van der Waals surface area contributed by atoms with Crippen LogP contribution in [0.5, 0.6) is 0 Å². The van der Waals surface area contributed by atoms with Crippen LogP contribution < -0.4 is 5.32 Å². The lowest BCUT2D eigenvalue weighted by Gasteiger charge is -2.23. The van der Waals surface area contributed by atoms with Crippen LogP contribution in [0.1, 0.15) is 43.5 Å². The molecule has 2 rings (SSSR count). The fourth-order valence-corrected chi connectivity index (χ4v) is 2.63. The van der Waals surface area contributed by atoms with E-state index in [0.717, 1.165) is 5.56 Å². The zero-order chi connectivity index (χ0) is 17.7. The average Bonchev–Trinajstić information content (AvgIpc) is 2.55. The van der Waals surface area contributed by atoms with E-state index >= 15 is 0 Å². The highest BCUT2D eigenvalue weighted by molar-refractivity contribution is 5.34. The summed E-state index contributed by atoms with van der Waals surface area (Å²) in [6, 6.07) is 12.2. The standard InChI is InChI=1S/C18H21FN2O3/c1-12(11-18(22)15-3-7-16(19)8-4-15)20-13(2)14-5-9-17(10-6-14)21(23)24/h3-10,12-13,18,20,22H,11H2,1-2H3. The van der Waals surface area contributed by atoms with Crippen LogP contribution in [-0.4, -0.2) is 16.1 Å². The van der Waals surface area contributed by atoms with E-state index in [1.165, 1.54) is 24.3 Å². The predicted octanol–water partition coefficient (Wildman–Crippen LogP) is 3.90. The van der Waals surface area contributed by atoms with Crippen molar-refractivity contribution >= 4 is 5.69 Å². The van der Waals surface area contributed by atoms with E-state index in [2.05, 4.69) is 5.32 Å². The Balaban J connectivity index is 1.92. The molecule has 2 aromatic rings. The van der Waals surface area contributed by atoms with Crippen LogP contribution in [0.3, 0.4) is 0 Å². The second-order valence-corrected chi connectivity index (χ2v) is 5.94. The van der Waals surface area contributed by atoms with Gasteiger partial charge in [0.05, 0.1) is 11.0 Å². The Morgan fingerprint density at radius 2 is 1.62 bits per heavy atom. The molecule has 128 valence electrons. The van der Waals surface area contributed by atoms with Crippen LogP contribution in [0.25, 0.3) is 0 Å². The van der Waals surface area contributed by atoms with Crippen LogP contribution in [0.4, 0.5) is 10.1 Å². The molecule has 3 unspecified atom stereocenters. The van der Waals surface area contributed by atoms with Gasteiger partial charge in [-0.3, -0.25) is 10.1 Å². The molecule has 0 saturated heterocycles. The molecule has 5 nitrogen and oxygen atoms in total. The Hall–Kier alpha value is -2.31. The molecule has 0 amide bonds. The Morgan fingerprint density at radius 1 is 1.08 bits per heavy atom. The molecule has 0 aliphatic carbocycles. The molecule has 2 N–H and O–H groups in total. The van der Waals surface area contributed by atoms with Gasteiger partial charge in [0.15, 0.2) is 0 Å². The van der Waals surface area contributed by atoms with Crippen molar-refractivity contribution in [3.8, 4) is 0 Å². The molecule has 2 aromatic carbocycles. The molecular weight excluding hydrogens is 311 g/mol. The third-order valence-corrected chi connectivity index (χ3v) is 3.97. The quantitative estimate of drug-likeness (QED) is 0.596. The van der Waals surface area contributed by atoms with E-state index in [1.54, 1.807) is 24.3 Å². The maximum absolute atomic E-state index is 12.9. The molecule has 0 spiro atoms. The topological polar surface area (TPSA) is 75.4 Å². The number of benzene rings is 2. The fourth-order valence-electron chi connectivity index (χ4n) is 2.63. The number of nitrogens with zero attached hydrogens (tertiary/aromatic N) is 1.